The summed E-state index contributed by atoms with van der Waals surface area (Å²) in [6.45, 7) is 1.76. The van der Waals surface area contributed by atoms with Crippen LogP contribution in [0.15, 0.2) is 65.6 Å². The van der Waals surface area contributed by atoms with Crippen molar-refractivity contribution in [1.82, 2.24) is 14.7 Å². The molecular weight excluding hydrogens is 373 g/mol. The molecule has 0 aliphatic rings. The van der Waals surface area contributed by atoms with Gasteiger partial charge in [-0.3, -0.25) is 4.79 Å². The highest BCUT2D eigenvalue weighted by molar-refractivity contribution is 5.94. The van der Waals surface area contributed by atoms with Gasteiger partial charge in [0.2, 0.25) is 0 Å². The Balaban J connectivity index is 1.75. The summed E-state index contributed by atoms with van der Waals surface area (Å²) in [4.78, 5) is 16.0. The quantitative estimate of drug-likeness (QED) is 0.446. The van der Waals surface area contributed by atoms with Gasteiger partial charge in [-0.2, -0.15) is 0 Å². The Bertz CT molecular complexity index is 1150. The second-order valence-electron chi connectivity index (χ2n) is 6.54. The van der Waals surface area contributed by atoms with Gasteiger partial charge in [0.1, 0.15) is 18.1 Å². The minimum atomic E-state index is -0.325. The Morgan fingerprint density at radius 2 is 1.86 bits per heavy atom. The highest BCUT2D eigenvalue weighted by atomic mass is 19.1. The Labute approximate surface area is 166 Å². The number of carbonyl (C=O) groups is 1. The maximum Gasteiger partial charge on any atom is 0.172 e. The molecule has 0 unspecified atom stereocenters. The molecule has 2 aromatic carbocycles. The van der Waals surface area contributed by atoms with Gasteiger partial charge in [0.25, 0.3) is 0 Å². The fourth-order valence-electron chi connectivity index (χ4n) is 3.08. The molecule has 146 valence electrons. The van der Waals surface area contributed by atoms with Gasteiger partial charge in [-0.25, -0.2) is 9.37 Å². The van der Waals surface area contributed by atoms with Crippen molar-refractivity contribution in [1.29, 1.82) is 0 Å². The molecule has 0 N–H and O–H groups in total. The monoisotopic (exact) mass is 391 g/mol. The van der Waals surface area contributed by atoms with Crippen LogP contribution < -0.4 is 0 Å². The van der Waals surface area contributed by atoms with Gasteiger partial charge >= 0.3 is 0 Å². The van der Waals surface area contributed by atoms with Crippen molar-refractivity contribution in [3.8, 4) is 28.2 Å². The lowest BCUT2D eigenvalue weighted by atomic mass is 10.0. The van der Waals surface area contributed by atoms with Gasteiger partial charge in [0.05, 0.1) is 17.6 Å². The van der Waals surface area contributed by atoms with Crippen molar-refractivity contribution in [3.63, 3.8) is 0 Å². The van der Waals surface area contributed by atoms with Crippen molar-refractivity contribution in [2.24, 2.45) is 0 Å². The van der Waals surface area contributed by atoms with Crippen molar-refractivity contribution < 1.29 is 18.4 Å². The molecule has 6 nitrogen and oxygen atoms in total. The van der Waals surface area contributed by atoms with Crippen LogP contribution in [-0.2, 0) is 11.3 Å². The molecule has 0 saturated carbocycles. The molecule has 7 heteroatoms. The van der Waals surface area contributed by atoms with E-state index >= 15 is 0 Å². The molecule has 0 spiro atoms. The number of halogens is 1. The number of hydrogen-bond donors (Lipinski definition) is 0. The molecule has 0 aliphatic carbocycles. The van der Waals surface area contributed by atoms with Crippen LogP contribution in [0.3, 0.4) is 0 Å². The number of methoxy groups -OCH3 is 1. The van der Waals surface area contributed by atoms with E-state index in [0.29, 0.717) is 33.8 Å². The SMILES string of the molecule is COCc1onc(-c2ccc(F)cc2)c1-c1cn(-c2ccc(C(C)=O)cc2)cn1. The number of hydrogen-bond acceptors (Lipinski definition) is 5. The van der Waals surface area contributed by atoms with E-state index in [1.807, 2.05) is 22.9 Å². The zero-order valence-corrected chi connectivity index (χ0v) is 15.9. The molecule has 4 aromatic rings. The molecule has 0 amide bonds. The minimum absolute atomic E-state index is 0.0143. The topological polar surface area (TPSA) is 70.2 Å². The molecule has 0 saturated heterocycles. The summed E-state index contributed by atoms with van der Waals surface area (Å²) in [5.41, 5.74) is 4.13. The first-order valence-electron chi connectivity index (χ1n) is 8.96. The van der Waals surface area contributed by atoms with Crippen molar-refractivity contribution in [2.45, 2.75) is 13.5 Å². The molecule has 29 heavy (non-hydrogen) atoms. The second-order valence-corrected chi connectivity index (χ2v) is 6.54. The molecule has 0 bridgehead atoms. The Kier molecular flexibility index (Phi) is 5.05. The van der Waals surface area contributed by atoms with Gasteiger partial charge in [0.15, 0.2) is 11.5 Å². The van der Waals surface area contributed by atoms with E-state index in [0.717, 1.165) is 5.69 Å². The highest BCUT2D eigenvalue weighted by Crippen LogP contribution is 2.34. The first kappa shape index (κ1) is 18.8. The third-order valence-corrected chi connectivity index (χ3v) is 4.57. The smallest absolute Gasteiger partial charge is 0.172 e. The number of imidazole rings is 1. The fraction of sp³-hybridized carbons (Fsp3) is 0.136. The van der Waals surface area contributed by atoms with Crippen LogP contribution in [0.2, 0.25) is 0 Å². The lowest BCUT2D eigenvalue weighted by Crippen LogP contribution is -1.94. The molecule has 0 aliphatic heterocycles. The predicted octanol–water partition coefficient (Wildman–Crippen LogP) is 4.68. The maximum atomic E-state index is 13.3. The van der Waals surface area contributed by atoms with Crippen molar-refractivity contribution >= 4 is 5.78 Å². The number of Topliss-reactive ketones (excluding diaryl/α,β-unsaturated/α-hetero) is 1. The molecule has 0 fully saturated rings. The third kappa shape index (κ3) is 3.72. The minimum Gasteiger partial charge on any atom is -0.377 e. The van der Waals surface area contributed by atoms with E-state index in [4.69, 9.17) is 9.26 Å². The number of rotatable bonds is 6. The highest BCUT2D eigenvalue weighted by Gasteiger charge is 2.21. The normalized spacial score (nSPS) is 11.0. The lowest BCUT2D eigenvalue weighted by Gasteiger charge is -2.03. The number of ether oxygens (including phenoxy) is 1. The van der Waals surface area contributed by atoms with Crippen LogP contribution in [0.25, 0.3) is 28.2 Å². The van der Waals surface area contributed by atoms with E-state index in [1.165, 1.54) is 19.1 Å². The number of carbonyl (C=O) groups excluding carboxylic acids is 1. The van der Waals surface area contributed by atoms with Crippen LogP contribution in [0, 0.1) is 5.82 Å². The van der Waals surface area contributed by atoms with E-state index in [1.54, 1.807) is 37.7 Å². The fourth-order valence-corrected chi connectivity index (χ4v) is 3.08. The molecule has 2 aromatic heterocycles. The van der Waals surface area contributed by atoms with Crippen LogP contribution >= 0.6 is 0 Å². The standard InChI is InChI=1S/C22H18FN3O3/c1-14(27)15-5-9-18(10-6-15)26-11-19(24-13-26)21-20(12-28-2)29-25-22(21)16-3-7-17(23)8-4-16/h3-11,13H,12H2,1-2H3. The van der Waals surface area contributed by atoms with Crippen molar-refractivity contribution in [2.75, 3.05) is 7.11 Å². The predicted molar refractivity (Wildman–Crippen MR) is 105 cm³/mol. The Morgan fingerprint density at radius 1 is 1.14 bits per heavy atom. The number of aromatic nitrogens is 3. The van der Waals surface area contributed by atoms with Crippen LogP contribution in [0.1, 0.15) is 23.0 Å². The Hall–Kier alpha value is -3.58. The van der Waals surface area contributed by atoms with Gasteiger partial charge in [-0.15, -0.1) is 0 Å². The average Bonchev–Trinajstić information content (AvgIpc) is 3.36. The summed E-state index contributed by atoms with van der Waals surface area (Å²) in [6, 6.07) is 13.3. The number of nitrogens with zero attached hydrogens (tertiary/aromatic N) is 3. The van der Waals surface area contributed by atoms with E-state index < -0.39 is 0 Å². The lowest BCUT2D eigenvalue weighted by molar-refractivity contribution is 0.101. The van der Waals surface area contributed by atoms with E-state index in [-0.39, 0.29) is 18.2 Å². The van der Waals surface area contributed by atoms with Gasteiger partial charge in [-0.05, 0) is 55.5 Å². The molecule has 0 radical (unpaired) electrons. The summed E-state index contributed by atoms with van der Waals surface area (Å²) < 4.78 is 25.9. The summed E-state index contributed by atoms with van der Waals surface area (Å²) in [6.07, 6.45) is 3.53. The van der Waals surface area contributed by atoms with Crippen LogP contribution in [0.5, 0.6) is 0 Å². The first-order chi connectivity index (χ1) is 14.1. The molecule has 0 atom stereocenters. The van der Waals surface area contributed by atoms with Gasteiger partial charge < -0.3 is 13.8 Å². The Morgan fingerprint density at radius 3 is 2.52 bits per heavy atom. The zero-order chi connectivity index (χ0) is 20.4. The number of benzene rings is 2. The summed E-state index contributed by atoms with van der Waals surface area (Å²) >= 11 is 0. The molecule has 4 rings (SSSR count). The third-order valence-electron chi connectivity index (χ3n) is 4.57. The van der Waals surface area contributed by atoms with Gasteiger partial charge in [0, 0.05) is 30.1 Å². The van der Waals surface area contributed by atoms with E-state index in [9.17, 15) is 9.18 Å². The maximum absolute atomic E-state index is 13.3. The summed E-state index contributed by atoms with van der Waals surface area (Å²) in [5, 5.41) is 4.16. The zero-order valence-electron chi connectivity index (χ0n) is 15.9. The molecular formula is C22H18FN3O3. The first-order valence-corrected chi connectivity index (χ1v) is 8.96. The van der Waals surface area contributed by atoms with E-state index in [2.05, 4.69) is 10.1 Å². The van der Waals surface area contributed by atoms with Crippen LogP contribution in [0.4, 0.5) is 4.39 Å². The second kappa shape index (κ2) is 7.81. The van der Waals surface area contributed by atoms with Crippen LogP contribution in [-0.4, -0.2) is 27.6 Å². The largest absolute Gasteiger partial charge is 0.377 e. The average molecular weight is 391 g/mol. The number of ketones is 1. The summed E-state index contributed by atoms with van der Waals surface area (Å²) in [7, 11) is 1.57. The molecule has 2 heterocycles. The van der Waals surface area contributed by atoms with Gasteiger partial charge in [-0.1, -0.05) is 5.16 Å². The van der Waals surface area contributed by atoms with Crippen molar-refractivity contribution in [3.05, 3.63) is 78.2 Å². The summed E-state index contributed by atoms with van der Waals surface area (Å²) in [5.74, 6) is 0.221.